The molecule has 1 amide bonds. The Morgan fingerprint density at radius 3 is 2.86 bits per heavy atom. The minimum atomic E-state index is -4.23. The number of hydrogen-bond acceptors (Lipinski definition) is 4. The molecule has 1 aliphatic heterocycles. The molecule has 118 valence electrons. The first-order valence-electron chi connectivity index (χ1n) is 6.75. The van der Waals surface area contributed by atoms with Gasteiger partial charge in [0, 0.05) is 25.9 Å². The molecule has 2 heterocycles. The molecular formula is C12H16F3N3O3. The molecule has 0 bridgehead atoms. The maximum absolute atomic E-state index is 12.1. The molecule has 1 aliphatic rings. The van der Waals surface area contributed by atoms with Crippen molar-refractivity contribution >= 4 is 5.91 Å². The molecule has 1 unspecified atom stereocenters. The number of nitrogens with one attached hydrogen (secondary N) is 1. The number of carbonyl (C=O) groups is 1. The van der Waals surface area contributed by atoms with Crippen molar-refractivity contribution in [1.29, 1.82) is 0 Å². The van der Waals surface area contributed by atoms with Crippen LogP contribution in [0.25, 0.3) is 0 Å². The molecule has 2 rings (SSSR count). The number of aromatic nitrogens is 2. The highest BCUT2D eigenvalue weighted by molar-refractivity contribution is 5.76. The fraction of sp³-hybridized carbons (Fsp3) is 0.750. The Kier molecular flexibility index (Phi) is 4.69. The van der Waals surface area contributed by atoms with Crippen molar-refractivity contribution in [2.75, 3.05) is 13.1 Å². The third-order valence-electron chi connectivity index (χ3n) is 3.43. The lowest BCUT2D eigenvalue weighted by atomic mass is 9.97. The predicted octanol–water partition coefficient (Wildman–Crippen LogP) is 1.80. The topological polar surface area (TPSA) is 79.2 Å². The van der Waals surface area contributed by atoms with Crippen LogP contribution in [0.4, 0.5) is 13.2 Å². The fourth-order valence-electron chi connectivity index (χ4n) is 2.42. The van der Waals surface area contributed by atoms with E-state index in [1.165, 1.54) is 4.90 Å². The molecule has 9 heteroatoms. The monoisotopic (exact) mass is 307 g/mol. The Morgan fingerprint density at radius 1 is 1.48 bits per heavy atom. The number of nitrogens with zero attached hydrogens (tertiary/aromatic N) is 2. The van der Waals surface area contributed by atoms with E-state index in [4.69, 9.17) is 4.42 Å². The third kappa shape index (κ3) is 4.61. The van der Waals surface area contributed by atoms with Gasteiger partial charge in [-0.15, -0.1) is 5.10 Å². The summed E-state index contributed by atoms with van der Waals surface area (Å²) in [6.07, 6.45) is -4.10. The molecule has 1 aromatic heterocycles. The van der Waals surface area contributed by atoms with Crippen LogP contribution in [0.2, 0.25) is 0 Å². The lowest BCUT2D eigenvalue weighted by molar-refractivity contribution is -0.140. The molecule has 1 fully saturated rings. The first-order valence-corrected chi connectivity index (χ1v) is 6.75. The first kappa shape index (κ1) is 15.6. The zero-order valence-corrected chi connectivity index (χ0v) is 11.3. The third-order valence-corrected chi connectivity index (χ3v) is 3.43. The van der Waals surface area contributed by atoms with E-state index in [1.807, 2.05) is 0 Å². The molecule has 0 radical (unpaired) electrons. The van der Waals surface area contributed by atoms with Crippen LogP contribution in [-0.2, 0) is 4.79 Å². The van der Waals surface area contributed by atoms with Gasteiger partial charge < -0.3 is 9.32 Å². The maximum Gasteiger partial charge on any atom is 0.434 e. The Hall–Kier alpha value is -1.80. The molecule has 0 aliphatic carbocycles. The smallest absolute Gasteiger partial charge is 0.392 e. The summed E-state index contributed by atoms with van der Waals surface area (Å²) in [5, 5.41) is 5.90. The highest BCUT2D eigenvalue weighted by Gasteiger charge is 2.30. The largest absolute Gasteiger partial charge is 0.434 e. The number of amides is 1. The number of carbonyl (C=O) groups excluding carboxylic acids is 1. The molecule has 1 saturated heterocycles. The van der Waals surface area contributed by atoms with Crippen LogP contribution in [0.1, 0.15) is 43.9 Å². The van der Waals surface area contributed by atoms with Gasteiger partial charge in [-0.3, -0.25) is 4.79 Å². The fourth-order valence-corrected chi connectivity index (χ4v) is 2.42. The normalized spacial score (nSPS) is 19.8. The zero-order valence-electron chi connectivity index (χ0n) is 11.3. The molecule has 1 aromatic rings. The summed E-state index contributed by atoms with van der Waals surface area (Å²) in [4.78, 5) is 24.3. The average Bonchev–Trinajstić information content (AvgIpc) is 2.84. The van der Waals surface area contributed by atoms with Crippen LogP contribution in [0.5, 0.6) is 0 Å². The van der Waals surface area contributed by atoms with Crippen LogP contribution in [0.15, 0.2) is 9.21 Å². The summed E-state index contributed by atoms with van der Waals surface area (Å²) in [5.41, 5.74) is 0. The molecule has 1 atom stereocenters. The van der Waals surface area contributed by atoms with Crippen molar-refractivity contribution in [3.05, 3.63) is 16.4 Å². The zero-order chi connectivity index (χ0) is 15.5. The van der Waals surface area contributed by atoms with Gasteiger partial charge in [0.15, 0.2) is 0 Å². The van der Waals surface area contributed by atoms with E-state index in [9.17, 15) is 22.8 Å². The summed E-state index contributed by atoms with van der Waals surface area (Å²) in [6.45, 7) is 0.828. The highest BCUT2D eigenvalue weighted by Crippen LogP contribution is 2.26. The lowest BCUT2D eigenvalue weighted by Gasteiger charge is -2.31. The Bertz CT molecular complexity index is 538. The van der Waals surface area contributed by atoms with E-state index in [-0.39, 0.29) is 30.6 Å². The Labute approximate surface area is 118 Å². The molecule has 6 nitrogen and oxygen atoms in total. The van der Waals surface area contributed by atoms with Crippen molar-refractivity contribution in [2.45, 2.75) is 44.2 Å². The quantitative estimate of drug-likeness (QED) is 0.920. The Balaban J connectivity index is 1.86. The second kappa shape index (κ2) is 6.31. The van der Waals surface area contributed by atoms with Crippen molar-refractivity contribution < 1.29 is 22.4 Å². The van der Waals surface area contributed by atoms with Crippen LogP contribution >= 0.6 is 0 Å². The van der Waals surface area contributed by atoms with Crippen LogP contribution in [0, 0.1) is 0 Å². The van der Waals surface area contributed by atoms with Gasteiger partial charge in [0.2, 0.25) is 11.8 Å². The van der Waals surface area contributed by atoms with Crippen molar-refractivity contribution in [1.82, 2.24) is 15.1 Å². The van der Waals surface area contributed by atoms with Gasteiger partial charge in [-0.25, -0.2) is 9.89 Å². The van der Waals surface area contributed by atoms with E-state index in [0.29, 0.717) is 19.5 Å². The Morgan fingerprint density at radius 2 is 2.24 bits per heavy atom. The summed E-state index contributed by atoms with van der Waals surface area (Å²) in [5.74, 6) is -0.905. The minimum Gasteiger partial charge on any atom is -0.392 e. The molecule has 0 spiro atoms. The number of likely N-dealkylation sites (tertiary alicyclic amines) is 1. The summed E-state index contributed by atoms with van der Waals surface area (Å²) < 4.78 is 41.0. The lowest BCUT2D eigenvalue weighted by Crippen LogP contribution is -2.39. The summed E-state index contributed by atoms with van der Waals surface area (Å²) in [6, 6.07) is 0. The van der Waals surface area contributed by atoms with Gasteiger partial charge in [-0.2, -0.15) is 13.2 Å². The first-order chi connectivity index (χ1) is 9.85. The number of hydrogen-bond donors (Lipinski definition) is 1. The molecule has 0 aromatic carbocycles. The number of halogens is 3. The van der Waals surface area contributed by atoms with Gasteiger partial charge >= 0.3 is 11.9 Å². The number of H-pyrrole nitrogens is 1. The van der Waals surface area contributed by atoms with E-state index >= 15 is 0 Å². The van der Waals surface area contributed by atoms with Crippen molar-refractivity contribution in [3.8, 4) is 0 Å². The average molecular weight is 307 g/mol. The minimum absolute atomic E-state index is 0.128. The number of alkyl halides is 3. The van der Waals surface area contributed by atoms with E-state index in [1.54, 1.807) is 0 Å². The van der Waals surface area contributed by atoms with Gasteiger partial charge in [-0.05, 0) is 19.3 Å². The van der Waals surface area contributed by atoms with E-state index in [2.05, 4.69) is 10.2 Å². The van der Waals surface area contributed by atoms with Gasteiger partial charge in [0.25, 0.3) is 0 Å². The highest BCUT2D eigenvalue weighted by atomic mass is 19.4. The number of piperidine rings is 1. The number of rotatable bonds is 4. The van der Waals surface area contributed by atoms with Crippen LogP contribution in [-0.4, -0.2) is 40.3 Å². The predicted molar refractivity (Wildman–Crippen MR) is 65.6 cm³/mol. The second-order valence-electron chi connectivity index (χ2n) is 5.10. The van der Waals surface area contributed by atoms with Crippen molar-refractivity contribution in [3.63, 3.8) is 0 Å². The second-order valence-corrected chi connectivity index (χ2v) is 5.10. The van der Waals surface area contributed by atoms with Crippen LogP contribution in [0.3, 0.4) is 0 Å². The number of aromatic amines is 1. The molecule has 1 N–H and O–H groups in total. The summed E-state index contributed by atoms with van der Waals surface area (Å²) >= 11 is 0. The van der Waals surface area contributed by atoms with Gasteiger partial charge in [0.1, 0.15) is 0 Å². The molecular weight excluding hydrogens is 291 g/mol. The van der Waals surface area contributed by atoms with Crippen LogP contribution < -0.4 is 5.76 Å². The van der Waals surface area contributed by atoms with E-state index < -0.39 is 18.4 Å². The standard InChI is InChI=1S/C12H16F3N3O3/c13-12(14,15)5-1-4-9(19)18-6-2-3-8(7-18)10-16-17-11(20)21-10/h8H,1-7H2,(H,17,20). The van der Waals surface area contributed by atoms with E-state index in [0.717, 1.165) is 6.42 Å². The van der Waals surface area contributed by atoms with Crippen molar-refractivity contribution in [2.24, 2.45) is 0 Å². The SMILES string of the molecule is O=C(CCCC(F)(F)F)N1CCCC(c2n[nH]c(=O)o2)C1. The summed E-state index contributed by atoms with van der Waals surface area (Å²) in [7, 11) is 0. The molecule has 0 saturated carbocycles. The van der Waals surface area contributed by atoms with Gasteiger partial charge in [0.05, 0.1) is 5.92 Å². The molecule has 21 heavy (non-hydrogen) atoms. The van der Waals surface area contributed by atoms with Gasteiger partial charge in [-0.1, -0.05) is 0 Å². The maximum atomic E-state index is 12.1.